The molecule has 1 N–H and O–H groups in total. The van der Waals surface area contributed by atoms with Crippen LogP contribution in [-0.4, -0.2) is 38.1 Å². The third-order valence-corrected chi connectivity index (χ3v) is 2.45. The molecule has 1 aromatic rings. The highest BCUT2D eigenvalue weighted by molar-refractivity contribution is 5.92. The van der Waals surface area contributed by atoms with Gasteiger partial charge < -0.3 is 14.8 Å². The lowest BCUT2D eigenvalue weighted by atomic mass is 10.1. The summed E-state index contributed by atoms with van der Waals surface area (Å²) in [6.45, 7) is 3.04. The van der Waals surface area contributed by atoms with Crippen molar-refractivity contribution >= 4 is 17.8 Å². The zero-order chi connectivity index (χ0) is 15.1. The molecule has 0 aliphatic rings. The summed E-state index contributed by atoms with van der Waals surface area (Å²) in [4.78, 5) is 33.9. The molecule has 0 atom stereocenters. The number of amides is 1. The zero-order valence-electron chi connectivity index (χ0n) is 11.7. The van der Waals surface area contributed by atoms with Crippen LogP contribution in [0, 0.1) is 13.8 Å². The molecule has 6 nitrogen and oxygen atoms in total. The number of esters is 2. The zero-order valence-corrected chi connectivity index (χ0v) is 11.7. The van der Waals surface area contributed by atoms with Crippen LogP contribution in [-0.2, 0) is 19.1 Å². The smallest absolute Gasteiger partial charge is 0.338 e. The number of benzene rings is 1. The largest absolute Gasteiger partial charge is 0.468 e. The summed E-state index contributed by atoms with van der Waals surface area (Å²) in [6, 6.07) is 5.29. The highest BCUT2D eigenvalue weighted by atomic mass is 16.5. The number of methoxy groups -OCH3 is 1. The predicted molar refractivity (Wildman–Crippen MR) is 71.2 cm³/mol. The van der Waals surface area contributed by atoms with Gasteiger partial charge in [-0.15, -0.1) is 0 Å². The molecule has 0 aliphatic heterocycles. The molecule has 0 unspecified atom stereocenters. The van der Waals surface area contributed by atoms with E-state index in [0.717, 1.165) is 11.1 Å². The van der Waals surface area contributed by atoms with E-state index in [9.17, 15) is 14.4 Å². The van der Waals surface area contributed by atoms with Gasteiger partial charge in [-0.2, -0.15) is 0 Å². The molecule has 6 heteroatoms. The van der Waals surface area contributed by atoms with Gasteiger partial charge in [0.2, 0.25) is 0 Å². The Kier molecular flexibility index (Phi) is 5.71. The van der Waals surface area contributed by atoms with Crippen LogP contribution >= 0.6 is 0 Å². The second kappa shape index (κ2) is 7.28. The number of hydrogen-bond acceptors (Lipinski definition) is 5. The third kappa shape index (κ3) is 5.09. The summed E-state index contributed by atoms with van der Waals surface area (Å²) in [5.74, 6) is -1.71. The number of rotatable bonds is 5. The predicted octanol–water partition coefficient (Wildman–Crippen LogP) is 0.749. The van der Waals surface area contributed by atoms with Crippen molar-refractivity contribution in [3.05, 3.63) is 34.9 Å². The van der Waals surface area contributed by atoms with Crippen molar-refractivity contribution in [1.82, 2.24) is 5.32 Å². The number of hydrogen-bond donors (Lipinski definition) is 1. The second-order valence-electron chi connectivity index (χ2n) is 4.31. The number of nitrogens with one attached hydrogen (secondary N) is 1. The van der Waals surface area contributed by atoms with Gasteiger partial charge in [0, 0.05) is 0 Å². The van der Waals surface area contributed by atoms with Crippen LogP contribution in [0.2, 0.25) is 0 Å². The lowest BCUT2D eigenvalue weighted by Gasteiger charge is -2.07. The lowest BCUT2D eigenvalue weighted by molar-refractivity contribution is -0.141. The Balaban J connectivity index is 2.46. The van der Waals surface area contributed by atoms with Gasteiger partial charge >= 0.3 is 11.9 Å². The Hall–Kier alpha value is -2.37. The fourth-order valence-electron chi connectivity index (χ4n) is 1.60. The summed E-state index contributed by atoms with van der Waals surface area (Å²) in [7, 11) is 1.22. The van der Waals surface area contributed by atoms with E-state index in [0.29, 0.717) is 5.56 Å². The minimum absolute atomic E-state index is 0.254. The summed E-state index contributed by atoms with van der Waals surface area (Å²) < 4.78 is 9.22. The molecule has 0 fully saturated rings. The number of aryl methyl sites for hydroxylation is 2. The second-order valence-corrected chi connectivity index (χ2v) is 4.31. The van der Waals surface area contributed by atoms with Gasteiger partial charge in [0.25, 0.3) is 5.91 Å². The van der Waals surface area contributed by atoms with Crippen molar-refractivity contribution in [2.75, 3.05) is 20.3 Å². The van der Waals surface area contributed by atoms with Crippen molar-refractivity contribution in [1.29, 1.82) is 0 Å². The molecule has 1 aromatic carbocycles. The minimum atomic E-state index is -0.579. The van der Waals surface area contributed by atoms with E-state index in [2.05, 4.69) is 10.1 Å². The summed E-state index contributed by atoms with van der Waals surface area (Å²) in [5, 5.41) is 2.27. The van der Waals surface area contributed by atoms with Crippen LogP contribution in [0.1, 0.15) is 21.5 Å². The van der Waals surface area contributed by atoms with Gasteiger partial charge in [-0.05, 0) is 26.0 Å². The highest BCUT2D eigenvalue weighted by Gasteiger charge is 2.11. The van der Waals surface area contributed by atoms with Crippen molar-refractivity contribution in [3.8, 4) is 0 Å². The highest BCUT2D eigenvalue weighted by Crippen LogP contribution is 2.09. The van der Waals surface area contributed by atoms with Crippen LogP contribution in [0.5, 0.6) is 0 Å². The maximum Gasteiger partial charge on any atom is 0.338 e. The van der Waals surface area contributed by atoms with Gasteiger partial charge in [0.05, 0.1) is 12.7 Å². The fourth-order valence-corrected chi connectivity index (χ4v) is 1.60. The SMILES string of the molecule is COC(=O)CNC(=O)COC(=O)c1cc(C)cc(C)c1. The lowest BCUT2D eigenvalue weighted by Crippen LogP contribution is -2.33. The van der Waals surface area contributed by atoms with Crippen LogP contribution < -0.4 is 5.32 Å². The first kappa shape index (κ1) is 15.7. The van der Waals surface area contributed by atoms with Gasteiger partial charge in [0.1, 0.15) is 6.54 Å². The normalized spacial score (nSPS) is 9.75. The van der Waals surface area contributed by atoms with E-state index in [1.807, 2.05) is 19.9 Å². The third-order valence-electron chi connectivity index (χ3n) is 2.45. The summed E-state index contributed by atoms with van der Waals surface area (Å²) in [5.41, 5.74) is 2.27. The standard InChI is InChI=1S/C14H17NO5/c1-9-4-10(2)6-11(5-9)14(18)20-8-12(16)15-7-13(17)19-3/h4-6H,7-8H2,1-3H3,(H,15,16). The van der Waals surface area contributed by atoms with Gasteiger partial charge in [-0.1, -0.05) is 17.2 Å². The van der Waals surface area contributed by atoms with E-state index >= 15 is 0 Å². The number of carbonyl (C=O) groups is 3. The van der Waals surface area contributed by atoms with Crippen molar-refractivity contribution < 1.29 is 23.9 Å². The van der Waals surface area contributed by atoms with E-state index < -0.39 is 24.5 Å². The van der Waals surface area contributed by atoms with Crippen LogP contribution in [0.3, 0.4) is 0 Å². The first-order valence-electron chi connectivity index (χ1n) is 6.01. The fraction of sp³-hybridized carbons (Fsp3) is 0.357. The Morgan fingerprint density at radius 2 is 1.70 bits per heavy atom. The minimum Gasteiger partial charge on any atom is -0.468 e. The van der Waals surface area contributed by atoms with Gasteiger partial charge in [0.15, 0.2) is 6.61 Å². The number of ether oxygens (including phenoxy) is 2. The van der Waals surface area contributed by atoms with Crippen LogP contribution in [0.25, 0.3) is 0 Å². The molecule has 0 bridgehead atoms. The quantitative estimate of drug-likeness (QED) is 0.804. The van der Waals surface area contributed by atoms with Crippen molar-refractivity contribution in [2.24, 2.45) is 0 Å². The number of carbonyl (C=O) groups excluding carboxylic acids is 3. The van der Waals surface area contributed by atoms with E-state index in [4.69, 9.17) is 4.74 Å². The average Bonchev–Trinajstić information content (AvgIpc) is 2.40. The molecule has 1 rings (SSSR count). The molecule has 0 spiro atoms. The molecule has 1 amide bonds. The summed E-state index contributed by atoms with van der Waals surface area (Å²) in [6.07, 6.45) is 0. The van der Waals surface area contributed by atoms with Crippen molar-refractivity contribution in [3.63, 3.8) is 0 Å². The molecule has 0 heterocycles. The molecule has 0 aliphatic carbocycles. The molecule has 0 saturated heterocycles. The van der Waals surface area contributed by atoms with Crippen LogP contribution in [0.15, 0.2) is 18.2 Å². The molecular formula is C14H17NO5. The molecule has 108 valence electrons. The van der Waals surface area contributed by atoms with Crippen LogP contribution in [0.4, 0.5) is 0 Å². The Bertz CT molecular complexity index is 504. The topological polar surface area (TPSA) is 81.7 Å². The Morgan fingerprint density at radius 3 is 2.25 bits per heavy atom. The molecule has 0 radical (unpaired) electrons. The average molecular weight is 279 g/mol. The Labute approximate surface area is 117 Å². The van der Waals surface area contributed by atoms with Gasteiger partial charge in [-0.25, -0.2) is 4.79 Å². The van der Waals surface area contributed by atoms with E-state index in [1.54, 1.807) is 12.1 Å². The van der Waals surface area contributed by atoms with Crippen molar-refractivity contribution in [2.45, 2.75) is 13.8 Å². The molecule has 0 saturated carbocycles. The maximum atomic E-state index is 11.8. The Morgan fingerprint density at radius 1 is 1.10 bits per heavy atom. The maximum absolute atomic E-state index is 11.8. The monoisotopic (exact) mass is 279 g/mol. The molecule has 0 aromatic heterocycles. The molecular weight excluding hydrogens is 262 g/mol. The first-order chi connectivity index (χ1) is 9.42. The van der Waals surface area contributed by atoms with E-state index in [-0.39, 0.29) is 6.54 Å². The van der Waals surface area contributed by atoms with E-state index in [1.165, 1.54) is 7.11 Å². The summed E-state index contributed by atoms with van der Waals surface area (Å²) >= 11 is 0. The molecule has 20 heavy (non-hydrogen) atoms. The first-order valence-corrected chi connectivity index (χ1v) is 6.01. The van der Waals surface area contributed by atoms with Gasteiger partial charge in [-0.3, -0.25) is 9.59 Å².